The Morgan fingerprint density at radius 2 is 1.62 bits per heavy atom. The highest BCUT2D eigenvalue weighted by Crippen LogP contribution is 2.27. The van der Waals surface area contributed by atoms with E-state index in [9.17, 15) is 17.2 Å². The van der Waals surface area contributed by atoms with Gasteiger partial charge < -0.3 is 9.47 Å². The van der Waals surface area contributed by atoms with Gasteiger partial charge in [0.25, 0.3) is 0 Å². The first kappa shape index (κ1) is 18.2. The molecular weight excluding hydrogens is 340 g/mol. The normalized spacial score (nSPS) is 11.6. The number of halogens is 2. The molecule has 0 radical (unpaired) electrons. The summed E-state index contributed by atoms with van der Waals surface area (Å²) in [5.41, 5.74) is 0.584. The molecule has 0 spiro atoms. The molecular formula is C16H17F2NO4S. The van der Waals surface area contributed by atoms with Crippen LogP contribution in [-0.4, -0.2) is 34.0 Å². The third-order valence-electron chi connectivity index (χ3n) is 3.43. The summed E-state index contributed by atoms with van der Waals surface area (Å²) < 4.78 is 62.9. The van der Waals surface area contributed by atoms with Crippen molar-refractivity contribution in [1.82, 2.24) is 4.31 Å². The van der Waals surface area contributed by atoms with Gasteiger partial charge in [-0.1, -0.05) is 6.07 Å². The zero-order valence-corrected chi connectivity index (χ0v) is 14.2. The number of sulfonamides is 1. The van der Waals surface area contributed by atoms with Gasteiger partial charge in [0.1, 0.15) is 23.1 Å². The van der Waals surface area contributed by atoms with E-state index in [4.69, 9.17) is 9.47 Å². The van der Waals surface area contributed by atoms with Crippen LogP contribution in [0.2, 0.25) is 0 Å². The quantitative estimate of drug-likeness (QED) is 0.798. The molecule has 0 aliphatic heterocycles. The van der Waals surface area contributed by atoms with Crippen LogP contribution >= 0.6 is 0 Å². The summed E-state index contributed by atoms with van der Waals surface area (Å²) >= 11 is 0. The van der Waals surface area contributed by atoms with E-state index in [0.717, 1.165) is 16.4 Å². The Hall–Kier alpha value is -2.19. The number of rotatable bonds is 6. The van der Waals surface area contributed by atoms with Gasteiger partial charge in [-0.15, -0.1) is 0 Å². The number of methoxy groups -OCH3 is 2. The van der Waals surface area contributed by atoms with Crippen molar-refractivity contribution in [2.45, 2.75) is 11.4 Å². The van der Waals surface area contributed by atoms with Gasteiger partial charge in [-0.25, -0.2) is 17.2 Å². The maximum Gasteiger partial charge on any atom is 0.243 e. The minimum Gasteiger partial charge on any atom is -0.497 e. The molecule has 5 nitrogen and oxygen atoms in total. The summed E-state index contributed by atoms with van der Waals surface area (Å²) in [6.07, 6.45) is 0. The van der Waals surface area contributed by atoms with Crippen molar-refractivity contribution in [2.75, 3.05) is 21.3 Å². The molecule has 8 heteroatoms. The molecule has 2 aromatic rings. The molecule has 0 fully saturated rings. The smallest absolute Gasteiger partial charge is 0.243 e. The van der Waals surface area contributed by atoms with E-state index in [1.54, 1.807) is 18.2 Å². The van der Waals surface area contributed by atoms with Gasteiger partial charge in [0.2, 0.25) is 10.0 Å². The molecule has 0 N–H and O–H groups in total. The first-order valence-corrected chi connectivity index (χ1v) is 8.35. The summed E-state index contributed by atoms with van der Waals surface area (Å²) in [6.45, 7) is -0.0341. The Kier molecular flexibility index (Phi) is 5.40. The molecule has 0 aromatic heterocycles. The molecule has 0 bridgehead atoms. The lowest BCUT2D eigenvalue weighted by Crippen LogP contribution is -2.27. The molecule has 0 aliphatic carbocycles. The van der Waals surface area contributed by atoms with E-state index in [0.29, 0.717) is 23.1 Å². The van der Waals surface area contributed by atoms with Crippen LogP contribution in [0.4, 0.5) is 8.78 Å². The van der Waals surface area contributed by atoms with Crippen LogP contribution in [0.25, 0.3) is 0 Å². The first-order valence-electron chi connectivity index (χ1n) is 6.91. The van der Waals surface area contributed by atoms with Gasteiger partial charge in [0.15, 0.2) is 0 Å². The van der Waals surface area contributed by atoms with Crippen molar-refractivity contribution in [1.29, 1.82) is 0 Å². The van der Waals surface area contributed by atoms with Crippen molar-refractivity contribution in [3.05, 3.63) is 53.6 Å². The Morgan fingerprint density at radius 1 is 1.00 bits per heavy atom. The Balaban J connectivity index is 2.33. The van der Waals surface area contributed by atoms with Gasteiger partial charge in [-0.05, 0) is 18.2 Å². The molecule has 2 aromatic carbocycles. The number of ether oxygens (including phenoxy) is 2. The first-order chi connectivity index (χ1) is 11.3. The second-order valence-electron chi connectivity index (χ2n) is 5.04. The fourth-order valence-electron chi connectivity index (χ4n) is 2.16. The van der Waals surface area contributed by atoms with Crippen LogP contribution in [0.15, 0.2) is 41.3 Å². The standard InChI is InChI=1S/C16H17F2NO4S/c1-19(10-11-4-5-14(22-2)9-16(11)23-3)24(20,21)15-7-12(17)6-13(18)8-15/h4-9H,10H2,1-3H3. The van der Waals surface area contributed by atoms with E-state index in [1.807, 2.05) is 0 Å². The minimum absolute atomic E-state index is 0.0341. The maximum atomic E-state index is 13.3. The highest BCUT2D eigenvalue weighted by Gasteiger charge is 2.23. The zero-order chi connectivity index (χ0) is 17.9. The zero-order valence-electron chi connectivity index (χ0n) is 13.4. The van der Waals surface area contributed by atoms with Crippen LogP contribution in [0.3, 0.4) is 0 Å². The fraction of sp³-hybridized carbons (Fsp3) is 0.250. The van der Waals surface area contributed by atoms with E-state index < -0.39 is 26.6 Å². The highest BCUT2D eigenvalue weighted by molar-refractivity contribution is 7.89. The number of benzene rings is 2. The Bertz CT molecular complexity index is 820. The lowest BCUT2D eigenvalue weighted by Gasteiger charge is -2.19. The van der Waals surface area contributed by atoms with E-state index in [1.165, 1.54) is 21.3 Å². The minimum atomic E-state index is -4.06. The number of nitrogens with zero attached hydrogens (tertiary/aromatic N) is 1. The molecule has 24 heavy (non-hydrogen) atoms. The highest BCUT2D eigenvalue weighted by atomic mass is 32.2. The number of hydrogen-bond donors (Lipinski definition) is 0. The molecule has 130 valence electrons. The molecule has 0 saturated heterocycles. The Labute approximate surface area is 139 Å². The Morgan fingerprint density at radius 3 is 2.17 bits per heavy atom. The fourth-order valence-corrected chi connectivity index (χ4v) is 3.36. The molecule has 0 saturated carbocycles. The summed E-state index contributed by atoms with van der Waals surface area (Å²) in [6, 6.07) is 7.12. The molecule has 0 aliphatic rings. The van der Waals surface area contributed by atoms with E-state index in [-0.39, 0.29) is 6.54 Å². The largest absolute Gasteiger partial charge is 0.497 e. The number of hydrogen-bond acceptors (Lipinski definition) is 4. The predicted octanol–water partition coefficient (Wildman–Crippen LogP) is 2.80. The second-order valence-corrected chi connectivity index (χ2v) is 7.09. The molecule has 2 rings (SSSR count). The van der Waals surface area contributed by atoms with Crippen molar-refractivity contribution in [3.8, 4) is 11.5 Å². The average molecular weight is 357 g/mol. The maximum absolute atomic E-state index is 13.3. The lowest BCUT2D eigenvalue weighted by molar-refractivity contribution is 0.384. The second kappa shape index (κ2) is 7.14. The molecule has 0 unspecified atom stereocenters. The third-order valence-corrected chi connectivity index (χ3v) is 5.21. The predicted molar refractivity (Wildman–Crippen MR) is 84.6 cm³/mol. The van der Waals surface area contributed by atoms with Gasteiger partial charge in [0, 0.05) is 31.3 Å². The molecule has 0 atom stereocenters. The van der Waals surface area contributed by atoms with Crippen molar-refractivity contribution in [3.63, 3.8) is 0 Å². The summed E-state index contributed by atoms with van der Waals surface area (Å²) in [4.78, 5) is -0.449. The van der Waals surface area contributed by atoms with Crippen LogP contribution in [0.5, 0.6) is 11.5 Å². The van der Waals surface area contributed by atoms with Crippen molar-refractivity contribution >= 4 is 10.0 Å². The van der Waals surface area contributed by atoms with Crippen LogP contribution < -0.4 is 9.47 Å². The van der Waals surface area contributed by atoms with Crippen LogP contribution in [0.1, 0.15) is 5.56 Å². The summed E-state index contributed by atoms with van der Waals surface area (Å²) in [7, 11) is 0.222. The van der Waals surface area contributed by atoms with Crippen molar-refractivity contribution in [2.24, 2.45) is 0 Å². The van der Waals surface area contributed by atoms with E-state index >= 15 is 0 Å². The molecule has 0 heterocycles. The van der Waals surface area contributed by atoms with Crippen molar-refractivity contribution < 1.29 is 26.7 Å². The van der Waals surface area contributed by atoms with Gasteiger partial charge in [-0.3, -0.25) is 0 Å². The summed E-state index contributed by atoms with van der Waals surface area (Å²) in [5, 5.41) is 0. The average Bonchev–Trinajstić information content (AvgIpc) is 2.54. The van der Waals surface area contributed by atoms with Gasteiger partial charge in [0.05, 0.1) is 19.1 Å². The van der Waals surface area contributed by atoms with Crippen LogP contribution in [0, 0.1) is 11.6 Å². The van der Waals surface area contributed by atoms with Gasteiger partial charge in [-0.2, -0.15) is 4.31 Å². The van der Waals surface area contributed by atoms with Gasteiger partial charge >= 0.3 is 0 Å². The van der Waals surface area contributed by atoms with E-state index in [2.05, 4.69) is 0 Å². The van der Waals surface area contributed by atoms with Crippen LogP contribution in [-0.2, 0) is 16.6 Å². The topological polar surface area (TPSA) is 55.8 Å². The lowest BCUT2D eigenvalue weighted by atomic mass is 10.2. The third kappa shape index (κ3) is 3.82. The summed E-state index contributed by atoms with van der Waals surface area (Å²) in [5.74, 6) is -0.900. The monoisotopic (exact) mass is 357 g/mol. The molecule has 0 amide bonds. The SMILES string of the molecule is COc1ccc(CN(C)S(=O)(=O)c2cc(F)cc(F)c2)c(OC)c1.